The number of aliphatic hydroxyl groups excluding tert-OH is 1. The third kappa shape index (κ3) is 4.99. The van der Waals surface area contributed by atoms with E-state index in [1.54, 1.807) is 0 Å². The van der Waals surface area contributed by atoms with Crippen LogP contribution in [0.4, 0.5) is 4.79 Å². The Balaban J connectivity index is 1.28. The molecule has 0 unspecified atom stereocenters. The first kappa shape index (κ1) is 22.8. The lowest BCUT2D eigenvalue weighted by atomic mass is 9.98. The van der Waals surface area contributed by atoms with Crippen molar-refractivity contribution in [1.82, 2.24) is 10.6 Å². The summed E-state index contributed by atoms with van der Waals surface area (Å²) in [5, 5.41) is 23.1. The predicted octanol–water partition coefficient (Wildman–Crippen LogP) is 1.49. The summed E-state index contributed by atoms with van der Waals surface area (Å²) in [7, 11) is 0. The summed E-state index contributed by atoms with van der Waals surface area (Å²) in [5.74, 6) is -2.27. The second-order valence-corrected chi connectivity index (χ2v) is 8.15. The molecule has 1 aliphatic carbocycles. The second kappa shape index (κ2) is 10.0. The highest BCUT2D eigenvalue weighted by Crippen LogP contribution is 2.44. The number of carboxylic acids is 1. The van der Waals surface area contributed by atoms with E-state index in [1.807, 2.05) is 36.4 Å². The van der Waals surface area contributed by atoms with E-state index in [9.17, 15) is 19.5 Å². The third-order valence-electron chi connectivity index (χ3n) is 6.08. The summed E-state index contributed by atoms with van der Waals surface area (Å²) in [5.41, 5.74) is 4.53. The number of aliphatic carboxylic acids is 1. The van der Waals surface area contributed by atoms with Gasteiger partial charge in [-0.1, -0.05) is 48.5 Å². The van der Waals surface area contributed by atoms with Gasteiger partial charge in [-0.15, -0.1) is 0 Å². The molecule has 9 heteroatoms. The number of fused-ring (bicyclic) bond motifs is 3. The average Bonchev–Trinajstić information content (AvgIpc) is 3.42. The Hall–Kier alpha value is -3.43. The van der Waals surface area contributed by atoms with E-state index in [2.05, 4.69) is 22.8 Å². The molecule has 3 atom stereocenters. The maximum Gasteiger partial charge on any atom is 0.407 e. The van der Waals surface area contributed by atoms with Crippen LogP contribution in [-0.2, 0) is 19.1 Å². The molecule has 2 aliphatic rings. The number of hydrogen-bond donors (Lipinski definition) is 4. The Morgan fingerprint density at radius 2 is 1.67 bits per heavy atom. The predicted molar refractivity (Wildman–Crippen MR) is 118 cm³/mol. The topological polar surface area (TPSA) is 134 Å². The van der Waals surface area contributed by atoms with Crippen molar-refractivity contribution in [2.75, 3.05) is 26.3 Å². The lowest BCUT2D eigenvalue weighted by Gasteiger charge is -2.19. The van der Waals surface area contributed by atoms with Gasteiger partial charge in [-0.25, -0.2) is 9.59 Å². The van der Waals surface area contributed by atoms with Gasteiger partial charge in [0.2, 0.25) is 5.91 Å². The molecule has 1 heterocycles. The van der Waals surface area contributed by atoms with Crippen molar-refractivity contribution >= 4 is 18.0 Å². The molecule has 9 nitrogen and oxygen atoms in total. The number of carbonyl (C=O) groups is 3. The minimum Gasteiger partial charge on any atom is -0.479 e. The molecule has 0 aromatic heterocycles. The molecular weight excluding hydrogens is 428 g/mol. The van der Waals surface area contributed by atoms with Crippen molar-refractivity contribution in [2.45, 2.75) is 24.5 Å². The number of nitrogens with one attached hydrogen (secondary N) is 2. The number of ether oxygens (including phenoxy) is 2. The van der Waals surface area contributed by atoms with Gasteiger partial charge in [0.05, 0.1) is 6.54 Å². The monoisotopic (exact) mass is 454 g/mol. The molecule has 33 heavy (non-hydrogen) atoms. The van der Waals surface area contributed by atoms with Crippen LogP contribution in [0.5, 0.6) is 0 Å². The van der Waals surface area contributed by atoms with E-state index in [1.165, 1.54) is 0 Å². The van der Waals surface area contributed by atoms with Gasteiger partial charge in [-0.05, 0) is 28.7 Å². The molecular formula is C24H26N2O7. The minimum absolute atomic E-state index is 0.0443. The number of carbonyl (C=O) groups excluding carboxylic acids is 2. The number of rotatable bonds is 8. The molecule has 2 amide bonds. The molecule has 4 rings (SSSR count). The lowest BCUT2D eigenvalue weighted by molar-refractivity contribution is -0.146. The first-order valence-electron chi connectivity index (χ1n) is 10.8. The van der Waals surface area contributed by atoms with Gasteiger partial charge in [-0.2, -0.15) is 0 Å². The highest BCUT2D eigenvalue weighted by molar-refractivity contribution is 5.82. The summed E-state index contributed by atoms with van der Waals surface area (Å²) in [6, 6.07) is 16.1. The Bertz CT molecular complexity index is 995. The molecule has 0 saturated carbocycles. The van der Waals surface area contributed by atoms with Crippen LogP contribution in [-0.4, -0.2) is 66.7 Å². The van der Waals surface area contributed by atoms with E-state index >= 15 is 0 Å². The number of aliphatic hydroxyl groups is 1. The zero-order valence-corrected chi connectivity index (χ0v) is 17.9. The fourth-order valence-electron chi connectivity index (χ4n) is 4.38. The zero-order chi connectivity index (χ0) is 23.4. The largest absolute Gasteiger partial charge is 0.479 e. The first-order chi connectivity index (χ1) is 16.0. The van der Waals surface area contributed by atoms with E-state index in [0.717, 1.165) is 22.3 Å². The van der Waals surface area contributed by atoms with Crippen LogP contribution < -0.4 is 10.6 Å². The van der Waals surface area contributed by atoms with Crippen LogP contribution in [0.25, 0.3) is 11.1 Å². The summed E-state index contributed by atoms with van der Waals surface area (Å²) >= 11 is 0. The summed E-state index contributed by atoms with van der Waals surface area (Å²) in [6.45, 7) is 0.297. The van der Waals surface area contributed by atoms with Crippen molar-refractivity contribution in [3.05, 3.63) is 59.7 Å². The number of amides is 2. The van der Waals surface area contributed by atoms with Gasteiger partial charge in [0.25, 0.3) is 0 Å². The highest BCUT2D eigenvalue weighted by Gasteiger charge is 2.35. The normalized spacial score (nSPS) is 19.9. The van der Waals surface area contributed by atoms with E-state index in [4.69, 9.17) is 14.6 Å². The number of hydrogen-bond acceptors (Lipinski definition) is 6. The zero-order valence-electron chi connectivity index (χ0n) is 17.9. The van der Waals surface area contributed by atoms with Crippen LogP contribution in [0.3, 0.4) is 0 Å². The maximum absolute atomic E-state index is 12.4. The SMILES string of the molecule is O=C(NC[C@H]1CCO[C@H]1C(=O)NC[C@H](O)C(=O)O)OCC1c2ccccc2-c2ccccc21. The quantitative estimate of drug-likeness (QED) is 0.475. The Morgan fingerprint density at radius 1 is 1.03 bits per heavy atom. The van der Waals surface area contributed by atoms with Gasteiger partial charge >= 0.3 is 12.1 Å². The third-order valence-corrected chi connectivity index (χ3v) is 6.08. The summed E-state index contributed by atoms with van der Waals surface area (Å²) in [4.78, 5) is 35.3. The van der Waals surface area contributed by atoms with Gasteiger partial charge in [-0.3, -0.25) is 4.79 Å². The van der Waals surface area contributed by atoms with E-state index in [0.29, 0.717) is 13.0 Å². The smallest absolute Gasteiger partial charge is 0.407 e. The van der Waals surface area contributed by atoms with Gasteiger partial charge in [0, 0.05) is 25.0 Å². The Morgan fingerprint density at radius 3 is 2.30 bits per heavy atom. The molecule has 1 fully saturated rings. The van der Waals surface area contributed by atoms with Crippen LogP contribution in [0.15, 0.2) is 48.5 Å². The van der Waals surface area contributed by atoms with Crippen molar-refractivity contribution in [3.8, 4) is 11.1 Å². The molecule has 4 N–H and O–H groups in total. The highest BCUT2D eigenvalue weighted by atomic mass is 16.5. The van der Waals surface area contributed by atoms with Crippen LogP contribution >= 0.6 is 0 Å². The molecule has 0 spiro atoms. The van der Waals surface area contributed by atoms with E-state index < -0.39 is 36.7 Å². The van der Waals surface area contributed by atoms with E-state index in [-0.39, 0.29) is 25.0 Å². The van der Waals surface area contributed by atoms with Crippen molar-refractivity contribution in [1.29, 1.82) is 0 Å². The van der Waals surface area contributed by atoms with Crippen molar-refractivity contribution in [2.24, 2.45) is 5.92 Å². The number of benzene rings is 2. The maximum atomic E-state index is 12.4. The molecule has 2 aromatic carbocycles. The molecule has 0 radical (unpaired) electrons. The summed E-state index contributed by atoms with van der Waals surface area (Å²) < 4.78 is 10.9. The van der Waals surface area contributed by atoms with Crippen molar-refractivity contribution < 1.29 is 34.1 Å². The van der Waals surface area contributed by atoms with Crippen LogP contribution in [0.2, 0.25) is 0 Å². The average molecular weight is 454 g/mol. The minimum atomic E-state index is -1.69. The van der Waals surface area contributed by atoms with Gasteiger partial charge < -0.3 is 30.3 Å². The molecule has 2 aromatic rings. The molecule has 1 aliphatic heterocycles. The van der Waals surface area contributed by atoms with Crippen LogP contribution in [0, 0.1) is 5.92 Å². The Labute approximate surface area is 190 Å². The number of alkyl carbamates (subject to hydrolysis) is 1. The van der Waals surface area contributed by atoms with Gasteiger partial charge in [0.1, 0.15) is 12.7 Å². The van der Waals surface area contributed by atoms with Crippen molar-refractivity contribution in [3.63, 3.8) is 0 Å². The molecule has 174 valence electrons. The fourth-order valence-corrected chi connectivity index (χ4v) is 4.38. The molecule has 0 bridgehead atoms. The molecule has 1 saturated heterocycles. The lowest BCUT2D eigenvalue weighted by Crippen LogP contribution is -2.45. The standard InChI is InChI=1S/C24H26N2O7/c27-20(23(29)30)12-25-22(28)21-14(9-10-32-21)11-26-24(31)33-13-19-17-7-3-1-5-15(17)16-6-2-4-8-18(16)19/h1-8,14,19-21,27H,9-13H2,(H,25,28)(H,26,31)(H,29,30)/t14-,20+,21-/m1/s1. The number of carboxylic acid groups (broad SMARTS) is 1. The first-order valence-corrected chi connectivity index (χ1v) is 10.8. The van der Waals surface area contributed by atoms with Crippen LogP contribution in [0.1, 0.15) is 23.5 Å². The Kier molecular flexibility index (Phi) is 6.90. The fraction of sp³-hybridized carbons (Fsp3) is 0.375. The summed E-state index contributed by atoms with van der Waals surface area (Å²) in [6.07, 6.45) is -2.54. The second-order valence-electron chi connectivity index (χ2n) is 8.15. The van der Waals surface area contributed by atoms with Gasteiger partial charge in [0.15, 0.2) is 6.10 Å².